The Morgan fingerprint density at radius 3 is 2.47 bits per heavy atom. The zero-order valence-corrected chi connectivity index (χ0v) is 20.0. The van der Waals surface area contributed by atoms with Crippen molar-refractivity contribution in [3.63, 3.8) is 0 Å². The van der Waals surface area contributed by atoms with Crippen molar-refractivity contribution in [2.75, 3.05) is 26.8 Å². The van der Waals surface area contributed by atoms with Crippen molar-refractivity contribution in [1.82, 2.24) is 15.3 Å². The second-order valence-corrected chi connectivity index (χ2v) is 8.69. The van der Waals surface area contributed by atoms with Gasteiger partial charge in [0.25, 0.3) is 11.8 Å². The molecule has 0 saturated carbocycles. The van der Waals surface area contributed by atoms with Crippen LogP contribution in [0.3, 0.4) is 0 Å². The number of fused-ring (bicyclic) bond motifs is 1. The number of nitrogens with one attached hydrogen (secondary N) is 1. The lowest BCUT2D eigenvalue weighted by atomic mass is 10.0. The highest BCUT2D eigenvalue weighted by molar-refractivity contribution is 5.98. The Bertz CT molecular complexity index is 1020. The van der Waals surface area contributed by atoms with Gasteiger partial charge in [-0.2, -0.15) is 5.26 Å². The minimum absolute atomic E-state index is 0.163. The van der Waals surface area contributed by atoms with Gasteiger partial charge in [0.2, 0.25) is 0 Å². The van der Waals surface area contributed by atoms with Crippen LogP contribution in [-0.4, -0.2) is 54.7 Å². The maximum absolute atomic E-state index is 13.3. The third-order valence-electron chi connectivity index (χ3n) is 5.59. The number of hydrazine groups is 1. The molecule has 34 heavy (non-hydrogen) atoms. The fraction of sp³-hybridized carbons (Fsp3) is 0.423. The maximum Gasteiger partial charge on any atom is 0.263 e. The van der Waals surface area contributed by atoms with Gasteiger partial charge in [0.15, 0.2) is 17.7 Å². The highest BCUT2D eigenvalue weighted by Gasteiger charge is 2.28. The van der Waals surface area contributed by atoms with Gasteiger partial charge in [0.1, 0.15) is 19.3 Å². The first-order valence-corrected chi connectivity index (χ1v) is 11.6. The van der Waals surface area contributed by atoms with Crippen LogP contribution in [0.5, 0.6) is 11.5 Å². The Balaban J connectivity index is 1.64. The molecule has 180 valence electrons. The second kappa shape index (κ2) is 11.9. The van der Waals surface area contributed by atoms with Crippen LogP contribution in [0, 0.1) is 17.4 Å². The number of nitrogens with zero attached hydrogens (tertiary/aromatic N) is 3. The topological polar surface area (TPSA) is 94.9 Å². The van der Waals surface area contributed by atoms with E-state index in [9.17, 15) is 14.9 Å². The number of rotatable bonds is 10. The number of hydrogen-bond donors (Lipinski definition) is 1. The molecule has 0 radical (unpaired) electrons. The summed E-state index contributed by atoms with van der Waals surface area (Å²) in [5.74, 6) is 0.559. The molecule has 8 nitrogen and oxygen atoms in total. The Morgan fingerprint density at radius 1 is 1.09 bits per heavy atom. The van der Waals surface area contributed by atoms with E-state index in [2.05, 4.69) is 11.5 Å². The standard InChI is InChI=1S/C26H32N4O4/c1-19(2)16-22(28-25(31)21-11-12-23-24(17-21)34-15-14-33-23)26(32)29(3)30(18-27)13-7-10-20-8-5-4-6-9-20/h4-6,8-9,11-12,17,19,22H,7,10,13-16H2,1-3H3,(H,28,31)/t22-/m0/s1. The first-order valence-electron chi connectivity index (χ1n) is 11.6. The third kappa shape index (κ3) is 6.64. The Morgan fingerprint density at radius 2 is 1.79 bits per heavy atom. The highest BCUT2D eigenvalue weighted by Crippen LogP contribution is 2.30. The molecule has 0 aliphatic carbocycles. The molecule has 2 aromatic carbocycles. The summed E-state index contributed by atoms with van der Waals surface area (Å²) in [5.41, 5.74) is 1.56. The predicted molar refractivity (Wildman–Crippen MR) is 128 cm³/mol. The van der Waals surface area contributed by atoms with Gasteiger partial charge in [0.05, 0.1) is 6.54 Å². The molecule has 3 rings (SSSR count). The smallest absolute Gasteiger partial charge is 0.263 e. The molecule has 2 amide bonds. The van der Waals surface area contributed by atoms with Crippen molar-refractivity contribution in [1.29, 1.82) is 5.26 Å². The zero-order valence-electron chi connectivity index (χ0n) is 20.0. The van der Waals surface area contributed by atoms with Crippen LogP contribution in [0.4, 0.5) is 0 Å². The molecule has 1 heterocycles. The molecule has 1 aliphatic heterocycles. The van der Waals surface area contributed by atoms with Crippen molar-refractivity contribution in [3.05, 3.63) is 59.7 Å². The molecule has 8 heteroatoms. The molecule has 0 saturated heterocycles. The zero-order chi connectivity index (χ0) is 24.5. The summed E-state index contributed by atoms with van der Waals surface area (Å²) in [5, 5.41) is 15.1. The monoisotopic (exact) mass is 464 g/mol. The Hall–Kier alpha value is -3.73. The van der Waals surface area contributed by atoms with Crippen molar-refractivity contribution >= 4 is 11.8 Å². The van der Waals surface area contributed by atoms with Crippen molar-refractivity contribution in [2.24, 2.45) is 5.92 Å². The molecule has 0 fully saturated rings. The van der Waals surface area contributed by atoms with Crippen LogP contribution >= 0.6 is 0 Å². The molecule has 0 spiro atoms. The summed E-state index contributed by atoms with van der Waals surface area (Å²) >= 11 is 0. The SMILES string of the molecule is CC(C)C[C@H](NC(=O)c1ccc2c(c1)OCCO2)C(=O)N(C)N(C#N)CCCc1ccccc1. The number of nitriles is 1. The van der Waals surface area contributed by atoms with Crippen molar-refractivity contribution < 1.29 is 19.1 Å². The number of amides is 2. The lowest BCUT2D eigenvalue weighted by molar-refractivity contribution is -0.143. The maximum atomic E-state index is 13.3. The Kier molecular flexibility index (Phi) is 8.74. The number of carbonyl (C=O) groups excluding carboxylic acids is 2. The molecule has 1 N–H and O–H groups in total. The van der Waals surface area contributed by atoms with Crippen LogP contribution in [0.25, 0.3) is 0 Å². The van der Waals surface area contributed by atoms with Gasteiger partial charge in [0, 0.05) is 12.6 Å². The third-order valence-corrected chi connectivity index (χ3v) is 5.59. The minimum Gasteiger partial charge on any atom is -0.486 e. The fourth-order valence-electron chi connectivity index (χ4n) is 3.81. The van der Waals surface area contributed by atoms with E-state index in [-0.39, 0.29) is 17.7 Å². The normalized spacial score (nSPS) is 13.0. The van der Waals surface area contributed by atoms with E-state index in [1.807, 2.05) is 44.2 Å². The molecule has 1 atom stereocenters. The van der Waals surface area contributed by atoms with E-state index in [4.69, 9.17) is 9.47 Å². The summed E-state index contributed by atoms with van der Waals surface area (Å²) in [4.78, 5) is 26.2. The number of carbonyl (C=O) groups is 2. The molecular weight excluding hydrogens is 432 g/mol. The summed E-state index contributed by atoms with van der Waals surface area (Å²) in [7, 11) is 1.57. The van der Waals surface area contributed by atoms with Gasteiger partial charge in [-0.05, 0) is 48.9 Å². The van der Waals surface area contributed by atoms with E-state index in [1.54, 1.807) is 25.2 Å². The highest BCUT2D eigenvalue weighted by atomic mass is 16.6. The van der Waals surface area contributed by atoms with Gasteiger partial charge in [-0.25, -0.2) is 10.0 Å². The lowest BCUT2D eigenvalue weighted by Crippen LogP contribution is -2.52. The van der Waals surface area contributed by atoms with Crippen LogP contribution in [0.1, 0.15) is 42.6 Å². The molecular formula is C26H32N4O4. The minimum atomic E-state index is -0.768. The van der Waals surface area contributed by atoms with Crippen molar-refractivity contribution in [3.8, 4) is 17.7 Å². The van der Waals surface area contributed by atoms with Crippen LogP contribution in [0.15, 0.2) is 48.5 Å². The van der Waals surface area contributed by atoms with Gasteiger partial charge >= 0.3 is 0 Å². The summed E-state index contributed by atoms with van der Waals surface area (Å²) in [6, 6.07) is 14.2. The van der Waals surface area contributed by atoms with Crippen LogP contribution in [-0.2, 0) is 11.2 Å². The van der Waals surface area contributed by atoms with E-state index in [0.29, 0.717) is 49.7 Å². The number of likely N-dealkylation sites (N-methyl/N-ethyl adjacent to an activating group) is 1. The van der Waals surface area contributed by atoms with E-state index in [1.165, 1.54) is 15.6 Å². The number of ether oxygens (including phenoxy) is 2. The van der Waals surface area contributed by atoms with Crippen molar-refractivity contribution in [2.45, 2.75) is 39.2 Å². The van der Waals surface area contributed by atoms with Gasteiger partial charge in [-0.3, -0.25) is 9.59 Å². The molecule has 1 aliphatic rings. The average molecular weight is 465 g/mol. The van der Waals surface area contributed by atoms with E-state index >= 15 is 0 Å². The molecule has 2 aromatic rings. The predicted octanol–water partition coefficient (Wildman–Crippen LogP) is 3.39. The number of hydrogen-bond acceptors (Lipinski definition) is 6. The van der Waals surface area contributed by atoms with Gasteiger partial charge < -0.3 is 14.8 Å². The molecule has 0 aromatic heterocycles. The number of aryl methyl sites for hydroxylation is 1. The Labute approximate surface area is 201 Å². The second-order valence-electron chi connectivity index (χ2n) is 8.69. The summed E-state index contributed by atoms with van der Waals surface area (Å²) < 4.78 is 11.1. The first kappa shape index (κ1) is 24.9. The molecule has 0 unspecified atom stereocenters. The quantitative estimate of drug-likeness (QED) is 0.329. The summed E-state index contributed by atoms with van der Waals surface area (Å²) in [6.45, 7) is 5.26. The van der Waals surface area contributed by atoms with Gasteiger partial charge in [-0.15, -0.1) is 0 Å². The number of benzene rings is 2. The van der Waals surface area contributed by atoms with Crippen LogP contribution in [0.2, 0.25) is 0 Å². The van der Waals surface area contributed by atoms with Gasteiger partial charge in [-0.1, -0.05) is 44.2 Å². The van der Waals surface area contributed by atoms with E-state index < -0.39 is 6.04 Å². The first-order chi connectivity index (χ1) is 16.4. The lowest BCUT2D eigenvalue weighted by Gasteiger charge is -2.31. The summed E-state index contributed by atoms with van der Waals surface area (Å²) in [6.07, 6.45) is 4.06. The average Bonchev–Trinajstić information content (AvgIpc) is 2.85. The largest absolute Gasteiger partial charge is 0.486 e. The van der Waals surface area contributed by atoms with E-state index in [0.717, 1.165) is 6.42 Å². The van der Waals surface area contributed by atoms with Crippen LogP contribution < -0.4 is 14.8 Å². The molecule has 0 bridgehead atoms. The fourth-order valence-corrected chi connectivity index (χ4v) is 3.81.